The Morgan fingerprint density at radius 3 is 2.14 bits per heavy atom. The molecule has 35 heavy (non-hydrogen) atoms. The monoisotopic (exact) mass is 482 g/mol. The molecule has 0 N–H and O–H groups in total. The quantitative estimate of drug-likeness (QED) is 0.128. The van der Waals surface area contributed by atoms with Gasteiger partial charge in [-0.05, 0) is 37.5 Å². The lowest BCUT2D eigenvalue weighted by molar-refractivity contribution is -0.905. The van der Waals surface area contributed by atoms with Gasteiger partial charge >= 0.3 is 5.97 Å². The molecule has 0 aliphatic carbocycles. The Kier molecular flexibility index (Phi) is 13.5. The van der Waals surface area contributed by atoms with E-state index in [-0.39, 0.29) is 11.9 Å². The minimum absolute atomic E-state index is 0.126. The smallest absolute Gasteiger partial charge is 0.314 e. The molecule has 0 heterocycles. The highest BCUT2D eigenvalue weighted by Gasteiger charge is 2.25. The van der Waals surface area contributed by atoms with Crippen LogP contribution in [0.4, 0.5) is 0 Å². The summed E-state index contributed by atoms with van der Waals surface area (Å²) in [5.41, 5.74) is 2.66. The first-order valence-electron chi connectivity index (χ1n) is 13.6. The Morgan fingerprint density at radius 2 is 1.46 bits per heavy atom. The van der Waals surface area contributed by atoms with E-state index < -0.39 is 0 Å². The second kappa shape index (κ2) is 16.4. The second-order valence-corrected chi connectivity index (χ2v) is 10.5. The van der Waals surface area contributed by atoms with Crippen molar-refractivity contribution in [2.24, 2.45) is 5.92 Å². The number of ether oxygens (including phenoxy) is 2. The fraction of sp³-hybridized carbons (Fsp3) is 0.581. The molecular formula is C31H48NO3+. The van der Waals surface area contributed by atoms with Gasteiger partial charge in [0.25, 0.3) is 0 Å². The van der Waals surface area contributed by atoms with Crippen molar-refractivity contribution in [2.75, 3.05) is 33.9 Å². The summed E-state index contributed by atoms with van der Waals surface area (Å²) in [5, 5.41) is 0. The number of rotatable bonds is 18. The molecular weight excluding hydrogens is 434 g/mol. The summed E-state index contributed by atoms with van der Waals surface area (Å²) in [6.45, 7) is 6.80. The molecule has 0 aromatic heterocycles. The molecule has 2 rings (SSSR count). The van der Waals surface area contributed by atoms with E-state index in [1.54, 1.807) is 0 Å². The van der Waals surface area contributed by atoms with Crippen LogP contribution in [0.1, 0.15) is 76.3 Å². The Labute approximate surface area is 214 Å². The summed E-state index contributed by atoms with van der Waals surface area (Å²) < 4.78 is 12.1. The number of hydrogen-bond donors (Lipinski definition) is 0. The van der Waals surface area contributed by atoms with Crippen LogP contribution in [0.25, 0.3) is 0 Å². The van der Waals surface area contributed by atoms with Crippen molar-refractivity contribution in [3.8, 4) is 5.75 Å². The molecule has 0 radical (unpaired) electrons. The standard InChI is InChI=1S/C31H48NO3/c1-5-6-7-8-9-10-12-16-28-19-21-30(22-20-28)34-23-15-24-35-31(33)27(2)25-32(3,4)26-29-17-13-11-14-18-29/h11,13-14,17-22,27H,5-10,12,15-16,23-26H2,1-4H3/q+1. The van der Waals surface area contributed by atoms with Crippen LogP contribution in [0.2, 0.25) is 0 Å². The molecule has 4 heteroatoms. The van der Waals surface area contributed by atoms with Gasteiger partial charge in [-0.3, -0.25) is 4.79 Å². The minimum Gasteiger partial charge on any atom is -0.493 e. The van der Waals surface area contributed by atoms with Crippen molar-refractivity contribution in [3.63, 3.8) is 0 Å². The number of aryl methyl sites for hydroxylation is 1. The van der Waals surface area contributed by atoms with Crippen LogP contribution in [-0.4, -0.2) is 44.3 Å². The molecule has 0 saturated heterocycles. The SMILES string of the molecule is CCCCCCCCCc1ccc(OCCCOC(=O)C(C)C[N+](C)(C)Cc2ccccc2)cc1. The topological polar surface area (TPSA) is 35.5 Å². The summed E-state index contributed by atoms with van der Waals surface area (Å²) >= 11 is 0. The number of esters is 1. The van der Waals surface area contributed by atoms with Gasteiger partial charge < -0.3 is 14.0 Å². The van der Waals surface area contributed by atoms with Crippen LogP contribution in [0, 0.1) is 5.92 Å². The summed E-state index contributed by atoms with van der Waals surface area (Å²) in [6.07, 6.45) is 11.2. The van der Waals surface area contributed by atoms with E-state index in [1.807, 2.05) is 13.0 Å². The average Bonchev–Trinajstić information content (AvgIpc) is 2.84. The highest BCUT2D eigenvalue weighted by atomic mass is 16.5. The molecule has 0 aliphatic heterocycles. The summed E-state index contributed by atoms with van der Waals surface area (Å²) in [4.78, 5) is 12.4. The number of nitrogens with zero attached hydrogens (tertiary/aromatic N) is 1. The van der Waals surface area contributed by atoms with E-state index in [0.29, 0.717) is 19.6 Å². The van der Waals surface area contributed by atoms with Crippen molar-refractivity contribution in [3.05, 3.63) is 65.7 Å². The molecule has 1 atom stereocenters. The number of carbonyl (C=O) groups excluding carboxylic acids is 1. The van der Waals surface area contributed by atoms with Crippen molar-refractivity contribution in [2.45, 2.75) is 78.2 Å². The molecule has 0 saturated carbocycles. The average molecular weight is 483 g/mol. The molecule has 0 bridgehead atoms. The van der Waals surface area contributed by atoms with Gasteiger partial charge in [-0.15, -0.1) is 0 Å². The third-order valence-corrected chi connectivity index (χ3v) is 6.42. The van der Waals surface area contributed by atoms with Gasteiger partial charge in [0.1, 0.15) is 18.2 Å². The zero-order valence-electron chi connectivity index (χ0n) is 22.6. The van der Waals surface area contributed by atoms with Gasteiger partial charge in [0.2, 0.25) is 0 Å². The van der Waals surface area contributed by atoms with Gasteiger partial charge in [0, 0.05) is 12.0 Å². The van der Waals surface area contributed by atoms with Gasteiger partial charge in [0.15, 0.2) is 0 Å². The van der Waals surface area contributed by atoms with Crippen LogP contribution in [-0.2, 0) is 22.5 Å². The maximum Gasteiger partial charge on any atom is 0.314 e. The zero-order valence-corrected chi connectivity index (χ0v) is 22.6. The third kappa shape index (κ3) is 12.8. The molecule has 194 valence electrons. The third-order valence-electron chi connectivity index (χ3n) is 6.42. The molecule has 1 unspecified atom stereocenters. The number of hydrogen-bond acceptors (Lipinski definition) is 3. The van der Waals surface area contributed by atoms with E-state index in [0.717, 1.165) is 29.7 Å². The van der Waals surface area contributed by atoms with Gasteiger partial charge in [-0.1, -0.05) is 87.9 Å². The molecule has 4 nitrogen and oxygen atoms in total. The van der Waals surface area contributed by atoms with Gasteiger partial charge in [-0.2, -0.15) is 0 Å². The van der Waals surface area contributed by atoms with Crippen molar-refractivity contribution < 1.29 is 18.8 Å². The largest absolute Gasteiger partial charge is 0.493 e. The number of benzene rings is 2. The predicted octanol–water partition coefficient (Wildman–Crippen LogP) is 7.20. The van der Waals surface area contributed by atoms with Crippen LogP contribution in [0.3, 0.4) is 0 Å². The van der Waals surface area contributed by atoms with E-state index in [4.69, 9.17) is 9.47 Å². The molecule has 2 aromatic rings. The summed E-state index contributed by atoms with van der Waals surface area (Å²) in [7, 11) is 4.31. The highest BCUT2D eigenvalue weighted by Crippen LogP contribution is 2.16. The first-order valence-corrected chi connectivity index (χ1v) is 13.6. The number of unbranched alkanes of at least 4 members (excludes halogenated alkanes) is 6. The van der Waals surface area contributed by atoms with Gasteiger partial charge in [-0.25, -0.2) is 0 Å². The van der Waals surface area contributed by atoms with E-state index >= 15 is 0 Å². The molecule has 0 aliphatic rings. The lowest BCUT2D eigenvalue weighted by Crippen LogP contribution is -2.44. The predicted molar refractivity (Wildman–Crippen MR) is 145 cm³/mol. The first kappa shape index (κ1) is 28.9. The van der Waals surface area contributed by atoms with Gasteiger partial charge in [0.05, 0.1) is 33.9 Å². The van der Waals surface area contributed by atoms with E-state index in [2.05, 4.69) is 69.6 Å². The van der Waals surface area contributed by atoms with Crippen molar-refractivity contribution in [1.29, 1.82) is 0 Å². The number of carbonyl (C=O) groups is 1. The lowest BCUT2D eigenvalue weighted by Gasteiger charge is -2.31. The van der Waals surface area contributed by atoms with E-state index in [9.17, 15) is 4.79 Å². The van der Waals surface area contributed by atoms with Crippen LogP contribution < -0.4 is 4.74 Å². The van der Waals surface area contributed by atoms with E-state index in [1.165, 1.54) is 56.1 Å². The first-order chi connectivity index (χ1) is 16.9. The molecule has 0 spiro atoms. The fourth-order valence-electron chi connectivity index (χ4n) is 4.56. The Hall–Kier alpha value is -2.33. The zero-order chi connectivity index (χ0) is 25.4. The fourth-order valence-corrected chi connectivity index (χ4v) is 4.56. The lowest BCUT2D eigenvalue weighted by atomic mass is 10.0. The summed E-state index contributed by atoms with van der Waals surface area (Å²) in [5.74, 6) is 0.616. The maximum absolute atomic E-state index is 12.4. The van der Waals surface area contributed by atoms with Crippen LogP contribution in [0.15, 0.2) is 54.6 Å². The second-order valence-electron chi connectivity index (χ2n) is 10.5. The normalized spacial score (nSPS) is 12.3. The van der Waals surface area contributed by atoms with Crippen molar-refractivity contribution >= 4 is 5.97 Å². The molecule has 0 fully saturated rings. The Bertz CT molecular complexity index is 817. The Balaban J connectivity index is 1.56. The van der Waals surface area contributed by atoms with Crippen molar-refractivity contribution in [1.82, 2.24) is 0 Å². The molecule has 0 amide bonds. The highest BCUT2D eigenvalue weighted by molar-refractivity contribution is 5.72. The summed E-state index contributed by atoms with van der Waals surface area (Å²) in [6, 6.07) is 18.9. The van der Waals surface area contributed by atoms with Crippen LogP contribution >= 0.6 is 0 Å². The number of quaternary nitrogens is 1. The minimum atomic E-state index is -0.140. The van der Waals surface area contributed by atoms with Crippen LogP contribution in [0.5, 0.6) is 5.75 Å². The Morgan fingerprint density at radius 1 is 0.800 bits per heavy atom. The molecule has 2 aromatic carbocycles. The maximum atomic E-state index is 12.4.